The number of fused-ring (bicyclic) bond motifs is 4. The second-order valence-electron chi connectivity index (χ2n) is 13.2. The molecule has 0 amide bonds. The van der Waals surface area contributed by atoms with Crippen LogP contribution in [-0.4, -0.2) is 4.98 Å². The molecule has 0 aliphatic carbocycles. The highest BCUT2D eigenvalue weighted by molar-refractivity contribution is 6.12. The Kier molecular flexibility index (Phi) is 7.43. The molecule has 10 aromatic rings. The minimum absolute atomic E-state index is 0.603. The van der Waals surface area contributed by atoms with Crippen molar-refractivity contribution < 1.29 is 8.83 Å². The third-order valence-corrected chi connectivity index (χ3v) is 9.91. The van der Waals surface area contributed by atoms with Crippen molar-refractivity contribution in [2.24, 2.45) is 0 Å². The number of furan rings is 1. The maximum atomic E-state index is 6.60. The number of rotatable bonds is 7. The molecule has 53 heavy (non-hydrogen) atoms. The SMILES string of the molecule is c1ccc(-c2ccc(N(c3ccccc3)c3ccc(-c4cccc5c4oc4cc6nc(-c7ccccc7)oc6cc45)cc3)c(-c3ccccc3)c2)cc1. The number of anilines is 3. The van der Waals surface area contributed by atoms with E-state index in [0.717, 1.165) is 77.9 Å². The highest BCUT2D eigenvalue weighted by Gasteiger charge is 2.20. The molecule has 0 saturated carbocycles. The molecule has 10 rings (SSSR count). The summed E-state index contributed by atoms with van der Waals surface area (Å²) in [6.07, 6.45) is 0. The number of nitrogens with zero attached hydrogens (tertiary/aromatic N) is 2. The summed E-state index contributed by atoms with van der Waals surface area (Å²) in [6, 6.07) is 67.7. The molecule has 0 fully saturated rings. The van der Waals surface area contributed by atoms with Crippen LogP contribution in [0.15, 0.2) is 203 Å². The Morgan fingerprint density at radius 2 is 0.981 bits per heavy atom. The Hall–Kier alpha value is -7.17. The fraction of sp³-hybridized carbons (Fsp3) is 0. The fourth-order valence-corrected chi connectivity index (χ4v) is 7.33. The molecular weight excluding hydrogens is 649 g/mol. The van der Waals surface area contributed by atoms with Gasteiger partial charge in [0.25, 0.3) is 0 Å². The fourth-order valence-electron chi connectivity index (χ4n) is 7.33. The van der Waals surface area contributed by atoms with Gasteiger partial charge in [0.15, 0.2) is 5.58 Å². The molecule has 0 bridgehead atoms. The van der Waals surface area contributed by atoms with Crippen molar-refractivity contribution in [2.45, 2.75) is 0 Å². The molecule has 250 valence electrons. The molecule has 2 heterocycles. The van der Waals surface area contributed by atoms with Gasteiger partial charge in [-0.2, -0.15) is 0 Å². The lowest BCUT2D eigenvalue weighted by atomic mass is 9.96. The van der Waals surface area contributed by atoms with Crippen LogP contribution < -0.4 is 4.90 Å². The van der Waals surface area contributed by atoms with Gasteiger partial charge >= 0.3 is 0 Å². The van der Waals surface area contributed by atoms with Crippen LogP contribution in [0.1, 0.15) is 0 Å². The summed E-state index contributed by atoms with van der Waals surface area (Å²) in [7, 11) is 0. The van der Waals surface area contributed by atoms with E-state index in [9.17, 15) is 0 Å². The maximum absolute atomic E-state index is 6.60. The van der Waals surface area contributed by atoms with Crippen molar-refractivity contribution in [3.8, 4) is 44.8 Å². The van der Waals surface area contributed by atoms with E-state index in [2.05, 4.69) is 157 Å². The lowest BCUT2D eigenvalue weighted by molar-refractivity contribution is 0.620. The number of para-hydroxylation sites is 2. The first kappa shape index (κ1) is 30.6. The molecule has 2 aromatic heterocycles. The molecule has 4 heteroatoms. The van der Waals surface area contributed by atoms with Crippen molar-refractivity contribution in [1.29, 1.82) is 0 Å². The molecule has 0 radical (unpaired) electrons. The van der Waals surface area contributed by atoms with E-state index in [1.54, 1.807) is 0 Å². The van der Waals surface area contributed by atoms with Gasteiger partial charge in [0.1, 0.15) is 16.7 Å². The molecule has 4 nitrogen and oxygen atoms in total. The molecule has 0 aliphatic rings. The summed E-state index contributed by atoms with van der Waals surface area (Å²) in [6.45, 7) is 0. The summed E-state index contributed by atoms with van der Waals surface area (Å²) in [5.74, 6) is 0.603. The van der Waals surface area contributed by atoms with Crippen molar-refractivity contribution in [1.82, 2.24) is 4.98 Å². The summed E-state index contributed by atoms with van der Waals surface area (Å²) in [5.41, 5.74) is 14.1. The van der Waals surface area contributed by atoms with Crippen LogP contribution in [-0.2, 0) is 0 Å². The van der Waals surface area contributed by atoms with Crippen LogP contribution in [0.5, 0.6) is 0 Å². The standard InChI is InChI=1S/C49H32N2O2/c1-5-14-33(15-6-1)37-26-29-45(42(30-37)34-16-7-2-8-17-34)51(38-20-11-4-12-21-38)39-27-24-35(25-28-39)40-22-13-23-41-43-31-47-44(32-46(43)52-48(40)41)50-49(53-47)36-18-9-3-10-19-36/h1-32H. The highest BCUT2D eigenvalue weighted by Crippen LogP contribution is 2.44. The van der Waals surface area contributed by atoms with Gasteiger partial charge in [-0.3, -0.25) is 0 Å². The van der Waals surface area contributed by atoms with Crippen LogP contribution in [0, 0.1) is 0 Å². The lowest BCUT2D eigenvalue weighted by Crippen LogP contribution is -2.11. The van der Waals surface area contributed by atoms with Gasteiger partial charge in [-0.15, -0.1) is 0 Å². The second-order valence-corrected chi connectivity index (χ2v) is 13.2. The van der Waals surface area contributed by atoms with E-state index in [-0.39, 0.29) is 0 Å². The zero-order valence-corrected chi connectivity index (χ0v) is 28.7. The lowest BCUT2D eigenvalue weighted by Gasteiger charge is -2.28. The molecule has 8 aromatic carbocycles. The monoisotopic (exact) mass is 680 g/mol. The van der Waals surface area contributed by atoms with Gasteiger partial charge < -0.3 is 13.7 Å². The van der Waals surface area contributed by atoms with Crippen molar-refractivity contribution in [3.05, 3.63) is 194 Å². The average molecular weight is 681 g/mol. The Bertz CT molecular complexity index is 2860. The Balaban J connectivity index is 1.07. The average Bonchev–Trinajstić information content (AvgIpc) is 3.82. The molecule has 0 N–H and O–H groups in total. The first-order valence-corrected chi connectivity index (χ1v) is 17.8. The third-order valence-electron chi connectivity index (χ3n) is 9.91. The minimum atomic E-state index is 0.603. The van der Waals surface area contributed by atoms with Gasteiger partial charge in [0.05, 0.1) is 5.69 Å². The van der Waals surface area contributed by atoms with Gasteiger partial charge in [-0.25, -0.2) is 4.98 Å². The number of hydrogen-bond acceptors (Lipinski definition) is 4. The topological polar surface area (TPSA) is 42.4 Å². The van der Waals surface area contributed by atoms with Crippen molar-refractivity contribution in [3.63, 3.8) is 0 Å². The van der Waals surface area contributed by atoms with Crippen LogP contribution in [0.2, 0.25) is 0 Å². The third kappa shape index (κ3) is 5.54. The van der Waals surface area contributed by atoms with Crippen LogP contribution in [0.4, 0.5) is 17.1 Å². The first-order valence-electron chi connectivity index (χ1n) is 17.8. The number of aromatic nitrogens is 1. The summed E-state index contributed by atoms with van der Waals surface area (Å²) in [5, 5.41) is 2.04. The van der Waals surface area contributed by atoms with Gasteiger partial charge in [0, 0.05) is 44.9 Å². The Morgan fingerprint density at radius 1 is 0.377 bits per heavy atom. The highest BCUT2D eigenvalue weighted by atomic mass is 16.4. The van der Waals surface area contributed by atoms with Crippen LogP contribution >= 0.6 is 0 Å². The summed E-state index contributed by atoms with van der Waals surface area (Å²) in [4.78, 5) is 7.12. The predicted molar refractivity (Wildman–Crippen MR) is 218 cm³/mol. The van der Waals surface area contributed by atoms with E-state index in [4.69, 9.17) is 13.8 Å². The molecule has 0 atom stereocenters. The zero-order chi connectivity index (χ0) is 35.1. The second kappa shape index (κ2) is 12.9. The summed E-state index contributed by atoms with van der Waals surface area (Å²) >= 11 is 0. The van der Waals surface area contributed by atoms with E-state index >= 15 is 0 Å². The van der Waals surface area contributed by atoms with Gasteiger partial charge in [-0.05, 0) is 76.9 Å². The van der Waals surface area contributed by atoms with E-state index in [1.165, 1.54) is 11.1 Å². The normalized spacial score (nSPS) is 11.4. The molecule has 0 unspecified atom stereocenters. The molecular formula is C49H32N2O2. The smallest absolute Gasteiger partial charge is 0.227 e. The molecule has 0 aliphatic heterocycles. The zero-order valence-electron chi connectivity index (χ0n) is 28.7. The number of oxazole rings is 1. The van der Waals surface area contributed by atoms with E-state index in [0.29, 0.717) is 5.89 Å². The van der Waals surface area contributed by atoms with Gasteiger partial charge in [-0.1, -0.05) is 133 Å². The van der Waals surface area contributed by atoms with E-state index in [1.807, 2.05) is 42.5 Å². The van der Waals surface area contributed by atoms with Crippen LogP contribution in [0.3, 0.4) is 0 Å². The van der Waals surface area contributed by atoms with Crippen molar-refractivity contribution in [2.75, 3.05) is 4.90 Å². The number of hydrogen-bond donors (Lipinski definition) is 0. The molecule has 0 saturated heterocycles. The Morgan fingerprint density at radius 3 is 1.70 bits per heavy atom. The summed E-state index contributed by atoms with van der Waals surface area (Å²) < 4.78 is 12.8. The van der Waals surface area contributed by atoms with Crippen LogP contribution in [0.25, 0.3) is 77.9 Å². The minimum Gasteiger partial charge on any atom is -0.455 e. The molecule has 0 spiro atoms. The van der Waals surface area contributed by atoms with E-state index < -0.39 is 0 Å². The number of benzene rings is 8. The maximum Gasteiger partial charge on any atom is 0.227 e. The van der Waals surface area contributed by atoms with Crippen molar-refractivity contribution >= 4 is 50.1 Å². The van der Waals surface area contributed by atoms with Gasteiger partial charge in [0.2, 0.25) is 5.89 Å². The Labute approximate surface area is 306 Å². The largest absolute Gasteiger partial charge is 0.455 e. The first-order chi connectivity index (χ1) is 26.3. The quantitative estimate of drug-likeness (QED) is 0.168. The predicted octanol–water partition coefficient (Wildman–Crippen LogP) is 13.9.